The van der Waals surface area contributed by atoms with E-state index in [1.165, 1.54) is 6.07 Å². The highest BCUT2D eigenvalue weighted by Gasteiger charge is 2.17. The van der Waals surface area contributed by atoms with Crippen molar-refractivity contribution in [2.45, 2.75) is 13.0 Å². The molecule has 0 aromatic heterocycles. The van der Waals surface area contributed by atoms with E-state index in [1.807, 2.05) is 6.07 Å². The summed E-state index contributed by atoms with van der Waals surface area (Å²) in [5, 5.41) is 11.8. The average molecular weight is 284 g/mol. The van der Waals surface area contributed by atoms with E-state index in [1.54, 1.807) is 43.3 Å². The SMILES string of the molecule is Cc1c(NC(=O)C(N)c2ccccc2)cccc1C(=O)O. The second-order valence-electron chi connectivity index (χ2n) is 4.66. The maximum absolute atomic E-state index is 12.2. The van der Waals surface area contributed by atoms with Gasteiger partial charge in [-0.25, -0.2) is 4.79 Å². The van der Waals surface area contributed by atoms with Gasteiger partial charge in [-0.2, -0.15) is 0 Å². The van der Waals surface area contributed by atoms with Crippen molar-refractivity contribution >= 4 is 17.6 Å². The molecule has 0 heterocycles. The number of carbonyl (C=O) groups excluding carboxylic acids is 1. The third kappa shape index (κ3) is 3.27. The highest BCUT2D eigenvalue weighted by Crippen LogP contribution is 2.20. The number of hydrogen-bond donors (Lipinski definition) is 3. The molecule has 4 N–H and O–H groups in total. The number of nitrogens with two attached hydrogens (primary N) is 1. The molecule has 1 unspecified atom stereocenters. The van der Waals surface area contributed by atoms with E-state index in [4.69, 9.17) is 10.8 Å². The van der Waals surface area contributed by atoms with Crippen molar-refractivity contribution < 1.29 is 14.7 Å². The molecule has 21 heavy (non-hydrogen) atoms. The molecule has 1 amide bonds. The van der Waals surface area contributed by atoms with Crippen molar-refractivity contribution in [3.63, 3.8) is 0 Å². The van der Waals surface area contributed by atoms with E-state index < -0.39 is 12.0 Å². The van der Waals surface area contributed by atoms with Gasteiger partial charge >= 0.3 is 5.97 Å². The minimum atomic E-state index is -1.03. The molecule has 2 aromatic carbocycles. The summed E-state index contributed by atoms with van der Waals surface area (Å²) in [4.78, 5) is 23.2. The first-order valence-electron chi connectivity index (χ1n) is 6.45. The quantitative estimate of drug-likeness (QED) is 0.803. The zero-order chi connectivity index (χ0) is 15.4. The lowest BCUT2D eigenvalue weighted by atomic mass is 10.0. The number of aromatic carboxylic acids is 1. The van der Waals surface area contributed by atoms with Gasteiger partial charge in [-0.3, -0.25) is 4.79 Å². The predicted molar refractivity (Wildman–Crippen MR) is 80.1 cm³/mol. The van der Waals surface area contributed by atoms with Gasteiger partial charge in [-0.15, -0.1) is 0 Å². The average Bonchev–Trinajstić information content (AvgIpc) is 2.49. The van der Waals surface area contributed by atoms with E-state index in [2.05, 4.69) is 5.32 Å². The van der Waals surface area contributed by atoms with Crippen LogP contribution in [0.1, 0.15) is 27.5 Å². The predicted octanol–water partition coefficient (Wildman–Crippen LogP) is 2.33. The molecule has 0 aliphatic heterocycles. The van der Waals surface area contributed by atoms with Gasteiger partial charge in [0.1, 0.15) is 6.04 Å². The van der Waals surface area contributed by atoms with Crippen LogP contribution in [-0.4, -0.2) is 17.0 Å². The molecular weight excluding hydrogens is 268 g/mol. The maximum Gasteiger partial charge on any atom is 0.336 e. The third-order valence-corrected chi connectivity index (χ3v) is 3.26. The van der Waals surface area contributed by atoms with E-state index in [0.717, 1.165) is 0 Å². The van der Waals surface area contributed by atoms with Gasteiger partial charge in [0.05, 0.1) is 5.56 Å². The monoisotopic (exact) mass is 284 g/mol. The molecule has 5 nitrogen and oxygen atoms in total. The maximum atomic E-state index is 12.2. The summed E-state index contributed by atoms with van der Waals surface area (Å²) in [5.41, 5.74) is 7.71. The van der Waals surface area contributed by atoms with Crippen molar-refractivity contribution in [1.29, 1.82) is 0 Å². The van der Waals surface area contributed by atoms with Gasteiger partial charge in [0.2, 0.25) is 5.91 Å². The molecule has 2 aromatic rings. The Morgan fingerprint density at radius 3 is 2.38 bits per heavy atom. The van der Waals surface area contributed by atoms with Crippen LogP contribution in [0, 0.1) is 6.92 Å². The molecule has 0 saturated carbocycles. The van der Waals surface area contributed by atoms with Crippen LogP contribution in [0.3, 0.4) is 0 Å². The Balaban J connectivity index is 2.21. The first kappa shape index (κ1) is 14.7. The van der Waals surface area contributed by atoms with Crippen molar-refractivity contribution in [2.75, 3.05) is 5.32 Å². The molecule has 0 saturated heterocycles. The van der Waals surface area contributed by atoms with Gasteiger partial charge in [0.15, 0.2) is 0 Å². The minimum Gasteiger partial charge on any atom is -0.478 e. The Labute approximate surface area is 122 Å². The summed E-state index contributed by atoms with van der Waals surface area (Å²) >= 11 is 0. The van der Waals surface area contributed by atoms with Crippen molar-refractivity contribution in [1.82, 2.24) is 0 Å². The van der Waals surface area contributed by atoms with E-state index in [0.29, 0.717) is 16.8 Å². The van der Waals surface area contributed by atoms with Crippen LogP contribution >= 0.6 is 0 Å². The first-order valence-corrected chi connectivity index (χ1v) is 6.45. The number of carboxylic acid groups (broad SMARTS) is 1. The van der Waals surface area contributed by atoms with E-state index in [9.17, 15) is 9.59 Å². The molecule has 0 fully saturated rings. The molecule has 0 aliphatic rings. The Kier molecular flexibility index (Phi) is 4.35. The lowest BCUT2D eigenvalue weighted by Gasteiger charge is -2.15. The summed E-state index contributed by atoms with van der Waals surface area (Å²) in [7, 11) is 0. The second-order valence-corrected chi connectivity index (χ2v) is 4.66. The number of anilines is 1. The van der Waals surface area contributed by atoms with Crippen LogP contribution in [0.5, 0.6) is 0 Å². The normalized spacial score (nSPS) is 11.7. The Morgan fingerprint density at radius 2 is 1.76 bits per heavy atom. The fourth-order valence-corrected chi connectivity index (χ4v) is 2.02. The van der Waals surface area contributed by atoms with Crippen LogP contribution < -0.4 is 11.1 Å². The number of hydrogen-bond acceptors (Lipinski definition) is 3. The molecule has 0 bridgehead atoms. The standard InChI is InChI=1S/C16H16N2O3/c1-10-12(16(20)21)8-5-9-13(10)18-15(19)14(17)11-6-3-2-4-7-11/h2-9,14H,17H2,1H3,(H,18,19)(H,20,21). The highest BCUT2D eigenvalue weighted by atomic mass is 16.4. The molecule has 0 radical (unpaired) electrons. The van der Waals surface area contributed by atoms with Crippen molar-refractivity contribution in [3.8, 4) is 0 Å². The summed E-state index contributed by atoms with van der Waals surface area (Å²) in [6.45, 7) is 1.65. The van der Waals surface area contributed by atoms with E-state index in [-0.39, 0.29) is 11.5 Å². The highest BCUT2D eigenvalue weighted by molar-refractivity contribution is 5.98. The van der Waals surface area contributed by atoms with Gasteiger partial charge in [-0.1, -0.05) is 36.4 Å². The van der Waals surface area contributed by atoms with Gasteiger partial charge in [-0.05, 0) is 30.2 Å². The molecule has 5 heteroatoms. The van der Waals surface area contributed by atoms with Gasteiger partial charge < -0.3 is 16.2 Å². The lowest BCUT2D eigenvalue weighted by Crippen LogP contribution is -2.28. The minimum absolute atomic E-state index is 0.154. The number of amides is 1. The number of nitrogens with one attached hydrogen (secondary N) is 1. The Hall–Kier alpha value is -2.66. The van der Waals surface area contributed by atoms with E-state index >= 15 is 0 Å². The van der Waals surface area contributed by atoms with Crippen LogP contribution in [0.25, 0.3) is 0 Å². The molecule has 2 rings (SSSR count). The summed E-state index contributed by atoms with van der Waals surface area (Å²) in [6, 6.07) is 12.9. The van der Waals surface area contributed by atoms with Crippen LogP contribution in [0.2, 0.25) is 0 Å². The zero-order valence-corrected chi connectivity index (χ0v) is 11.5. The zero-order valence-electron chi connectivity index (χ0n) is 11.5. The fraction of sp³-hybridized carbons (Fsp3) is 0.125. The molecule has 0 spiro atoms. The van der Waals surface area contributed by atoms with Crippen LogP contribution in [0.15, 0.2) is 48.5 Å². The number of carboxylic acids is 1. The largest absolute Gasteiger partial charge is 0.478 e. The first-order chi connectivity index (χ1) is 10.0. The molecular formula is C16H16N2O3. The molecule has 108 valence electrons. The molecule has 1 atom stereocenters. The number of benzene rings is 2. The smallest absolute Gasteiger partial charge is 0.336 e. The summed E-state index contributed by atoms with van der Waals surface area (Å²) in [6.07, 6.45) is 0. The fourth-order valence-electron chi connectivity index (χ4n) is 2.02. The van der Waals surface area contributed by atoms with Crippen molar-refractivity contribution in [3.05, 3.63) is 65.2 Å². The van der Waals surface area contributed by atoms with Crippen LogP contribution in [0.4, 0.5) is 5.69 Å². The number of rotatable bonds is 4. The third-order valence-electron chi connectivity index (χ3n) is 3.26. The second kappa shape index (κ2) is 6.19. The van der Waals surface area contributed by atoms with Crippen LogP contribution in [-0.2, 0) is 4.79 Å². The van der Waals surface area contributed by atoms with Crippen molar-refractivity contribution in [2.24, 2.45) is 5.73 Å². The Bertz CT molecular complexity index is 668. The summed E-state index contributed by atoms with van der Waals surface area (Å²) in [5.74, 6) is -1.41. The lowest BCUT2D eigenvalue weighted by molar-refractivity contribution is -0.117. The molecule has 0 aliphatic carbocycles. The van der Waals surface area contributed by atoms with Gasteiger partial charge in [0.25, 0.3) is 0 Å². The number of carbonyl (C=O) groups is 2. The topological polar surface area (TPSA) is 92.4 Å². The van der Waals surface area contributed by atoms with Gasteiger partial charge in [0, 0.05) is 5.69 Å². The summed E-state index contributed by atoms with van der Waals surface area (Å²) < 4.78 is 0. The Morgan fingerprint density at radius 1 is 1.10 bits per heavy atom.